The molecular formula is C15H25NO2S. The van der Waals surface area contributed by atoms with Gasteiger partial charge in [0.1, 0.15) is 5.75 Å². The average molecular weight is 283 g/mol. The van der Waals surface area contributed by atoms with Crippen LogP contribution >= 0.6 is 0 Å². The Hall–Kier alpha value is -0.870. The molecule has 0 saturated carbocycles. The quantitative estimate of drug-likeness (QED) is 0.797. The van der Waals surface area contributed by atoms with Gasteiger partial charge in [-0.3, -0.25) is 4.21 Å². The van der Waals surface area contributed by atoms with Crippen LogP contribution in [-0.2, 0) is 10.8 Å². The second-order valence-corrected chi connectivity index (χ2v) is 6.57. The van der Waals surface area contributed by atoms with Crippen LogP contribution < -0.4 is 10.1 Å². The molecule has 0 radical (unpaired) electrons. The first-order valence-electron chi connectivity index (χ1n) is 6.79. The number of rotatable bonds is 8. The summed E-state index contributed by atoms with van der Waals surface area (Å²) in [7, 11) is 0.863. The molecular weight excluding hydrogens is 258 g/mol. The first-order chi connectivity index (χ1) is 9.08. The molecule has 0 saturated heterocycles. The van der Waals surface area contributed by atoms with Gasteiger partial charge in [0.05, 0.1) is 7.11 Å². The van der Waals surface area contributed by atoms with Crippen LogP contribution in [0.25, 0.3) is 0 Å². The Kier molecular flexibility index (Phi) is 7.10. The summed E-state index contributed by atoms with van der Waals surface area (Å²) in [5.41, 5.74) is 1.09. The van der Waals surface area contributed by atoms with E-state index < -0.39 is 10.8 Å². The lowest BCUT2D eigenvalue weighted by Crippen LogP contribution is -2.27. The van der Waals surface area contributed by atoms with Crippen molar-refractivity contribution >= 4 is 10.8 Å². The number of nitrogens with one attached hydrogen (secondary N) is 1. The summed E-state index contributed by atoms with van der Waals surface area (Å²) in [4.78, 5) is 0. The van der Waals surface area contributed by atoms with Crippen molar-refractivity contribution in [3.63, 3.8) is 0 Å². The Morgan fingerprint density at radius 3 is 2.53 bits per heavy atom. The van der Waals surface area contributed by atoms with Crippen LogP contribution in [0.5, 0.6) is 5.75 Å². The summed E-state index contributed by atoms with van der Waals surface area (Å²) in [5, 5.41) is 3.40. The zero-order valence-corrected chi connectivity index (χ0v) is 13.1. The van der Waals surface area contributed by atoms with Crippen molar-refractivity contribution in [3.8, 4) is 5.75 Å². The van der Waals surface area contributed by atoms with Crippen molar-refractivity contribution in [1.82, 2.24) is 5.32 Å². The van der Waals surface area contributed by atoms with Gasteiger partial charge in [0.25, 0.3) is 0 Å². The molecule has 1 aromatic rings. The van der Waals surface area contributed by atoms with E-state index in [1.54, 1.807) is 7.11 Å². The van der Waals surface area contributed by atoms with E-state index in [1.807, 2.05) is 24.3 Å². The first kappa shape index (κ1) is 16.2. The van der Waals surface area contributed by atoms with Crippen LogP contribution in [0.1, 0.15) is 32.4 Å². The molecule has 4 heteroatoms. The topological polar surface area (TPSA) is 38.3 Å². The normalized spacial score (nSPS) is 14.4. The fourth-order valence-electron chi connectivity index (χ4n) is 2.09. The van der Waals surface area contributed by atoms with Crippen LogP contribution in [0, 0.1) is 5.92 Å². The Balaban J connectivity index is 2.84. The molecule has 2 unspecified atom stereocenters. The highest BCUT2D eigenvalue weighted by atomic mass is 32.2. The van der Waals surface area contributed by atoms with Gasteiger partial charge in [0, 0.05) is 33.9 Å². The molecule has 1 aromatic carbocycles. The number of methoxy groups -OCH3 is 1. The highest BCUT2D eigenvalue weighted by Gasteiger charge is 2.18. The third-order valence-corrected chi connectivity index (χ3v) is 4.58. The Morgan fingerprint density at radius 2 is 1.95 bits per heavy atom. The molecule has 0 aliphatic carbocycles. The van der Waals surface area contributed by atoms with E-state index in [0.29, 0.717) is 11.7 Å². The monoisotopic (exact) mass is 283 g/mol. The van der Waals surface area contributed by atoms with E-state index in [0.717, 1.165) is 23.6 Å². The number of hydrogen-bond acceptors (Lipinski definition) is 3. The maximum Gasteiger partial charge on any atom is 0.123 e. The molecule has 3 nitrogen and oxygen atoms in total. The summed E-state index contributed by atoms with van der Waals surface area (Å²) >= 11 is 0. The van der Waals surface area contributed by atoms with Crippen molar-refractivity contribution in [3.05, 3.63) is 29.8 Å². The molecule has 0 bridgehead atoms. The van der Waals surface area contributed by atoms with Crippen molar-refractivity contribution in [1.29, 1.82) is 0 Å². The maximum absolute atomic E-state index is 12.1. The van der Waals surface area contributed by atoms with E-state index >= 15 is 0 Å². The van der Waals surface area contributed by atoms with Crippen LogP contribution in [0.4, 0.5) is 0 Å². The van der Waals surface area contributed by atoms with E-state index in [1.165, 1.54) is 0 Å². The van der Waals surface area contributed by atoms with Crippen molar-refractivity contribution in [2.75, 3.05) is 25.2 Å². The lowest BCUT2D eigenvalue weighted by atomic mass is 10.1. The lowest BCUT2D eigenvalue weighted by Gasteiger charge is -2.20. The van der Waals surface area contributed by atoms with Gasteiger partial charge in [0.15, 0.2) is 0 Å². The minimum atomic E-state index is -0.810. The summed E-state index contributed by atoms with van der Waals surface area (Å²) in [6.45, 7) is 7.11. The zero-order chi connectivity index (χ0) is 14.3. The fraction of sp³-hybridized carbons (Fsp3) is 0.600. The number of benzene rings is 1. The highest BCUT2D eigenvalue weighted by molar-refractivity contribution is 7.85. The molecule has 108 valence electrons. The van der Waals surface area contributed by atoms with Gasteiger partial charge in [-0.05, 0) is 18.5 Å². The van der Waals surface area contributed by atoms with Crippen LogP contribution in [-0.4, -0.2) is 29.4 Å². The predicted octanol–water partition coefficient (Wildman–Crippen LogP) is 2.75. The number of hydrogen-bond donors (Lipinski definition) is 1. The second-order valence-electron chi connectivity index (χ2n) is 5.02. The van der Waals surface area contributed by atoms with E-state index in [4.69, 9.17) is 4.74 Å². The maximum atomic E-state index is 12.1. The zero-order valence-electron chi connectivity index (χ0n) is 12.3. The molecule has 1 N–H and O–H groups in total. The van der Waals surface area contributed by atoms with Crippen molar-refractivity contribution in [2.24, 2.45) is 5.92 Å². The third-order valence-electron chi connectivity index (χ3n) is 2.84. The fourth-order valence-corrected chi connectivity index (χ4v) is 3.63. The standard InChI is InChI=1S/C15H25NO2S/c1-5-16-14(11-19(17)10-12(2)3)13-8-6-7-9-15(13)18-4/h6-9,12,14,16H,5,10-11H2,1-4H3. The second kappa shape index (κ2) is 8.33. The highest BCUT2D eigenvalue weighted by Crippen LogP contribution is 2.25. The number of ether oxygens (including phenoxy) is 1. The Labute approximate surface area is 119 Å². The van der Waals surface area contributed by atoms with E-state index in [-0.39, 0.29) is 6.04 Å². The molecule has 0 aliphatic rings. The molecule has 0 aromatic heterocycles. The predicted molar refractivity (Wildman–Crippen MR) is 82.1 cm³/mol. The van der Waals surface area contributed by atoms with Gasteiger partial charge in [-0.25, -0.2) is 0 Å². The molecule has 0 aliphatic heterocycles. The minimum absolute atomic E-state index is 0.0840. The van der Waals surface area contributed by atoms with Gasteiger partial charge >= 0.3 is 0 Å². The summed E-state index contributed by atoms with van der Waals surface area (Å²) in [6, 6.07) is 8.02. The molecule has 0 spiro atoms. The van der Waals surface area contributed by atoms with Gasteiger partial charge in [-0.1, -0.05) is 39.0 Å². The number of para-hydroxylation sites is 1. The smallest absolute Gasteiger partial charge is 0.123 e. The molecule has 0 fully saturated rings. The minimum Gasteiger partial charge on any atom is -0.496 e. The van der Waals surface area contributed by atoms with E-state index in [2.05, 4.69) is 26.1 Å². The third kappa shape index (κ3) is 5.33. The van der Waals surface area contributed by atoms with Gasteiger partial charge in [-0.2, -0.15) is 0 Å². The Bertz CT molecular complexity index is 407. The molecule has 2 atom stereocenters. The molecule has 1 rings (SSSR count). The molecule has 19 heavy (non-hydrogen) atoms. The Morgan fingerprint density at radius 1 is 1.26 bits per heavy atom. The van der Waals surface area contributed by atoms with E-state index in [9.17, 15) is 4.21 Å². The summed E-state index contributed by atoms with van der Waals surface area (Å²) in [5.74, 6) is 2.69. The van der Waals surface area contributed by atoms with Gasteiger partial charge in [0.2, 0.25) is 0 Å². The van der Waals surface area contributed by atoms with Crippen molar-refractivity contribution < 1.29 is 8.95 Å². The van der Waals surface area contributed by atoms with Crippen LogP contribution in [0.3, 0.4) is 0 Å². The first-order valence-corrected chi connectivity index (χ1v) is 8.28. The van der Waals surface area contributed by atoms with Crippen LogP contribution in [0.2, 0.25) is 0 Å². The average Bonchev–Trinajstić information content (AvgIpc) is 2.37. The molecule has 0 amide bonds. The van der Waals surface area contributed by atoms with Gasteiger partial charge < -0.3 is 10.1 Å². The molecule has 0 heterocycles. The van der Waals surface area contributed by atoms with Gasteiger partial charge in [-0.15, -0.1) is 0 Å². The van der Waals surface area contributed by atoms with Crippen LogP contribution in [0.15, 0.2) is 24.3 Å². The lowest BCUT2D eigenvalue weighted by molar-refractivity contribution is 0.402. The van der Waals surface area contributed by atoms with Crippen molar-refractivity contribution in [2.45, 2.75) is 26.8 Å². The SMILES string of the molecule is CCNC(CS(=O)CC(C)C)c1ccccc1OC. The largest absolute Gasteiger partial charge is 0.496 e. The summed E-state index contributed by atoms with van der Waals surface area (Å²) in [6.07, 6.45) is 0. The summed E-state index contributed by atoms with van der Waals surface area (Å²) < 4.78 is 17.5.